The second-order valence-corrected chi connectivity index (χ2v) is 30.6. The minimum absolute atomic E-state index is 0.0544. The van der Waals surface area contributed by atoms with Crippen molar-refractivity contribution in [1.82, 2.24) is 5.32 Å². The molecule has 8 nitrogen and oxygen atoms in total. The molecule has 0 bridgehead atoms. The number of amides is 1. The van der Waals surface area contributed by atoms with Gasteiger partial charge in [0.1, 0.15) is 13.2 Å². The summed E-state index contributed by atoms with van der Waals surface area (Å²) in [6.45, 7) is 4.83. The van der Waals surface area contributed by atoms with Gasteiger partial charge in [0.25, 0.3) is 0 Å². The summed E-state index contributed by atoms with van der Waals surface area (Å²) in [4.78, 5) is 23.5. The summed E-state index contributed by atoms with van der Waals surface area (Å²) in [6.07, 6.45) is 103. The van der Waals surface area contributed by atoms with Gasteiger partial charge in [-0.1, -0.05) is 389 Å². The van der Waals surface area contributed by atoms with Crippen molar-refractivity contribution in [3.8, 4) is 0 Å². The summed E-state index contributed by atoms with van der Waals surface area (Å²) in [7, 11) is 1.56. The minimum atomic E-state index is -4.37. The number of nitrogens with one attached hydrogen (secondary N) is 1. The zero-order valence-corrected chi connectivity index (χ0v) is 63.2. The predicted molar refractivity (Wildman–Crippen MR) is 406 cm³/mol. The molecule has 542 valence electrons. The van der Waals surface area contributed by atoms with Gasteiger partial charge in [-0.2, -0.15) is 0 Å². The van der Waals surface area contributed by atoms with Crippen molar-refractivity contribution in [2.75, 3.05) is 40.9 Å². The minimum Gasteiger partial charge on any atom is -0.387 e. The number of phosphoric acid groups is 1. The molecule has 0 aromatic carbocycles. The molecule has 0 aliphatic rings. The van der Waals surface area contributed by atoms with Gasteiger partial charge in [-0.05, 0) is 77.0 Å². The van der Waals surface area contributed by atoms with Crippen LogP contribution in [0.5, 0.6) is 0 Å². The first-order chi connectivity index (χ1) is 45.0. The molecule has 9 heteroatoms. The number of likely N-dealkylation sites (N-methyl/N-ethyl adjacent to an activating group) is 1. The number of aliphatic hydroxyl groups excluding tert-OH is 1. The maximum Gasteiger partial charge on any atom is 0.472 e. The van der Waals surface area contributed by atoms with Gasteiger partial charge in [0.15, 0.2) is 0 Å². The molecule has 3 N–H and O–H groups in total. The van der Waals surface area contributed by atoms with Crippen molar-refractivity contribution < 1.29 is 32.9 Å². The summed E-state index contributed by atoms with van der Waals surface area (Å²) < 4.78 is 23.9. The van der Waals surface area contributed by atoms with Crippen molar-refractivity contribution in [3.05, 3.63) is 60.8 Å². The van der Waals surface area contributed by atoms with Gasteiger partial charge in [-0.15, -0.1) is 0 Å². The number of quaternary nitrogens is 1. The van der Waals surface area contributed by atoms with Crippen LogP contribution < -0.4 is 5.32 Å². The van der Waals surface area contributed by atoms with Crippen LogP contribution in [-0.2, 0) is 18.4 Å². The first kappa shape index (κ1) is 90.2. The smallest absolute Gasteiger partial charge is 0.387 e. The standard InChI is InChI=1S/C83H159N2O6P/c1-6-8-10-12-14-16-18-20-22-24-26-28-30-32-34-36-37-38-39-40-41-42-43-44-45-46-47-49-51-53-55-57-59-61-63-65-67-69-71-73-75-77-83(87)84-81(80-91-92(88,89)90-79-78-85(3,4)5)82(86)76-74-72-70-68-66-64-62-60-58-56-54-52-50-48-35-33-31-29-27-25-23-21-19-17-15-13-11-9-7-2/h18,20,24,26,58,60,66,68,74,76,81-82,86H,6-17,19,21-23,25,27-57,59,61-65,67,69-73,75,77-80H2,1-5H3,(H-,84,87,88,89)/p+1/b20-18-,26-24-,60-58+,68-66+,76-74+. The van der Waals surface area contributed by atoms with E-state index in [2.05, 4.69) is 67.8 Å². The zero-order valence-electron chi connectivity index (χ0n) is 62.3. The Morgan fingerprint density at radius 2 is 0.630 bits per heavy atom. The van der Waals surface area contributed by atoms with Gasteiger partial charge in [0, 0.05) is 6.42 Å². The third kappa shape index (κ3) is 75.6. The molecule has 0 fully saturated rings. The van der Waals surface area contributed by atoms with E-state index in [1.54, 1.807) is 6.08 Å². The van der Waals surface area contributed by atoms with Gasteiger partial charge in [-0.25, -0.2) is 4.57 Å². The number of rotatable bonds is 76. The van der Waals surface area contributed by atoms with E-state index in [1.165, 1.54) is 340 Å². The van der Waals surface area contributed by atoms with Crippen LogP contribution in [-0.4, -0.2) is 73.4 Å². The number of unbranched alkanes of at least 4 members (excludes halogenated alkanes) is 55. The molecule has 1 amide bonds. The van der Waals surface area contributed by atoms with Crippen LogP contribution in [0, 0.1) is 0 Å². The van der Waals surface area contributed by atoms with Crippen LogP contribution in [0.1, 0.15) is 412 Å². The van der Waals surface area contributed by atoms with E-state index in [1.807, 2.05) is 27.2 Å². The van der Waals surface area contributed by atoms with E-state index in [0.29, 0.717) is 17.4 Å². The summed E-state index contributed by atoms with van der Waals surface area (Å²) in [5, 5.41) is 14.0. The van der Waals surface area contributed by atoms with E-state index in [0.717, 1.165) is 51.4 Å². The number of allylic oxidation sites excluding steroid dienone is 9. The molecular formula is C83H160N2O6P+. The monoisotopic (exact) mass is 1310 g/mol. The average Bonchev–Trinajstić information content (AvgIpc) is 2.63. The maximum absolute atomic E-state index is 13.1. The summed E-state index contributed by atoms with van der Waals surface area (Å²) >= 11 is 0. The average molecular weight is 1310 g/mol. The Kier molecular flexibility index (Phi) is 72.0. The van der Waals surface area contributed by atoms with Crippen LogP contribution >= 0.6 is 7.82 Å². The van der Waals surface area contributed by atoms with Crippen LogP contribution in [0.3, 0.4) is 0 Å². The maximum atomic E-state index is 13.1. The van der Waals surface area contributed by atoms with Crippen molar-refractivity contribution >= 4 is 13.7 Å². The van der Waals surface area contributed by atoms with Crippen LogP contribution in [0.15, 0.2) is 60.8 Å². The highest BCUT2D eigenvalue weighted by Gasteiger charge is 2.28. The molecular weight excluding hydrogens is 1150 g/mol. The van der Waals surface area contributed by atoms with Crippen LogP contribution in [0.4, 0.5) is 0 Å². The fourth-order valence-corrected chi connectivity index (χ4v) is 13.1. The predicted octanol–water partition coefficient (Wildman–Crippen LogP) is 26.7. The van der Waals surface area contributed by atoms with Crippen LogP contribution in [0.25, 0.3) is 0 Å². The highest BCUT2D eigenvalue weighted by molar-refractivity contribution is 7.47. The number of aliphatic hydroxyl groups is 1. The lowest BCUT2D eigenvalue weighted by molar-refractivity contribution is -0.870. The molecule has 92 heavy (non-hydrogen) atoms. The van der Waals surface area contributed by atoms with Crippen molar-refractivity contribution in [2.45, 2.75) is 424 Å². The topological polar surface area (TPSA) is 105 Å². The van der Waals surface area contributed by atoms with Crippen molar-refractivity contribution in [2.24, 2.45) is 0 Å². The Bertz CT molecular complexity index is 1690. The second-order valence-electron chi connectivity index (χ2n) is 29.1. The molecule has 0 rings (SSSR count). The summed E-state index contributed by atoms with van der Waals surface area (Å²) in [5.74, 6) is -0.183. The Hall–Kier alpha value is -1.80. The normalized spacial score (nSPS) is 13.8. The van der Waals surface area contributed by atoms with E-state index in [-0.39, 0.29) is 19.1 Å². The van der Waals surface area contributed by atoms with Crippen LogP contribution in [0.2, 0.25) is 0 Å². The molecule has 0 saturated carbocycles. The first-order valence-corrected chi connectivity index (χ1v) is 42.2. The zero-order chi connectivity index (χ0) is 66.9. The Balaban J connectivity index is 3.96. The molecule has 0 aliphatic heterocycles. The van der Waals surface area contributed by atoms with Gasteiger partial charge >= 0.3 is 7.82 Å². The Labute approximate surface area is 574 Å². The summed E-state index contributed by atoms with van der Waals surface area (Å²) in [5.41, 5.74) is 0. The van der Waals surface area contributed by atoms with Gasteiger partial charge in [0.2, 0.25) is 5.91 Å². The summed E-state index contributed by atoms with van der Waals surface area (Å²) in [6, 6.07) is -0.872. The van der Waals surface area contributed by atoms with E-state index in [9.17, 15) is 19.4 Å². The highest BCUT2D eigenvalue weighted by atomic mass is 31.2. The number of hydrogen-bond donors (Lipinski definition) is 3. The second kappa shape index (κ2) is 73.4. The lowest BCUT2D eigenvalue weighted by atomic mass is 10.0. The fraction of sp³-hybridized carbons (Fsp3) is 0.867. The number of nitrogens with zero attached hydrogens (tertiary/aromatic N) is 1. The van der Waals surface area contributed by atoms with Gasteiger partial charge in [-0.3, -0.25) is 13.8 Å². The number of hydrogen-bond acceptors (Lipinski definition) is 5. The van der Waals surface area contributed by atoms with Gasteiger partial charge < -0.3 is 19.8 Å². The molecule has 0 heterocycles. The molecule has 3 unspecified atom stereocenters. The molecule has 0 saturated heterocycles. The van der Waals surface area contributed by atoms with Crippen molar-refractivity contribution in [1.29, 1.82) is 0 Å². The highest BCUT2D eigenvalue weighted by Crippen LogP contribution is 2.43. The molecule has 0 aliphatic carbocycles. The van der Waals surface area contributed by atoms with E-state index < -0.39 is 20.0 Å². The third-order valence-electron chi connectivity index (χ3n) is 18.7. The number of carbonyl (C=O) groups is 1. The van der Waals surface area contributed by atoms with E-state index >= 15 is 0 Å². The molecule has 0 aromatic heterocycles. The molecule has 0 radical (unpaired) electrons. The Morgan fingerprint density at radius 3 is 0.935 bits per heavy atom. The lowest BCUT2D eigenvalue weighted by Gasteiger charge is -2.25. The van der Waals surface area contributed by atoms with E-state index in [4.69, 9.17) is 9.05 Å². The molecule has 0 aromatic rings. The quantitative estimate of drug-likeness (QED) is 0.0243. The Morgan fingerprint density at radius 1 is 0.370 bits per heavy atom. The number of phosphoric ester groups is 1. The fourth-order valence-electron chi connectivity index (χ4n) is 12.4. The lowest BCUT2D eigenvalue weighted by Crippen LogP contribution is -2.45. The third-order valence-corrected chi connectivity index (χ3v) is 19.7. The largest absolute Gasteiger partial charge is 0.472 e. The molecule has 3 atom stereocenters. The van der Waals surface area contributed by atoms with Crippen molar-refractivity contribution in [3.63, 3.8) is 0 Å². The first-order valence-electron chi connectivity index (χ1n) is 40.7. The number of carbonyl (C=O) groups excluding carboxylic acids is 1. The molecule has 0 spiro atoms. The van der Waals surface area contributed by atoms with Gasteiger partial charge in [0.05, 0.1) is 39.9 Å². The SMILES string of the molecule is CCCCCCC/C=C\C/C=C\CCCCCCCCCCCCCCCCCCCCCCCCCCCCCCCC(=O)NC(COP(=O)(O)OCC[N+](C)(C)C)C(O)/C=C/CC/C=C/CC/C=C/CCCCCCCCCCCCCCCCCCCCC.